The lowest BCUT2D eigenvalue weighted by atomic mass is 10.0. The molecule has 0 atom stereocenters. The zero-order chi connectivity index (χ0) is 24.1. The van der Waals surface area contributed by atoms with Gasteiger partial charge in [-0.15, -0.1) is 0 Å². The first-order valence-electron chi connectivity index (χ1n) is 11.3. The summed E-state index contributed by atoms with van der Waals surface area (Å²) in [6, 6.07) is 23.3. The van der Waals surface area contributed by atoms with E-state index in [0.29, 0.717) is 11.3 Å². The van der Waals surface area contributed by atoms with E-state index >= 15 is 0 Å². The molecule has 0 saturated carbocycles. The Bertz CT molecular complexity index is 1330. The van der Waals surface area contributed by atoms with Crippen molar-refractivity contribution in [2.75, 3.05) is 11.9 Å². The molecule has 172 valence electrons. The Morgan fingerprint density at radius 1 is 0.941 bits per heavy atom. The van der Waals surface area contributed by atoms with Gasteiger partial charge in [-0.25, -0.2) is 4.68 Å². The maximum Gasteiger partial charge on any atom is 0.255 e. The maximum absolute atomic E-state index is 13.2. The zero-order valence-corrected chi connectivity index (χ0v) is 19.6. The summed E-state index contributed by atoms with van der Waals surface area (Å²) >= 11 is 0. The number of hydrogen-bond acceptors (Lipinski definition) is 3. The molecule has 34 heavy (non-hydrogen) atoms. The number of nitrogens with one attached hydrogen (secondary N) is 2. The Morgan fingerprint density at radius 3 is 2.41 bits per heavy atom. The second kappa shape index (κ2) is 10.2. The van der Waals surface area contributed by atoms with Gasteiger partial charge in [-0.2, -0.15) is 5.10 Å². The number of rotatable bonds is 7. The summed E-state index contributed by atoms with van der Waals surface area (Å²) in [6.07, 6.45) is 2.52. The lowest BCUT2D eigenvalue weighted by molar-refractivity contribution is -0.115. The van der Waals surface area contributed by atoms with E-state index in [0.717, 1.165) is 40.0 Å². The molecule has 0 bridgehead atoms. The van der Waals surface area contributed by atoms with Gasteiger partial charge < -0.3 is 10.6 Å². The highest BCUT2D eigenvalue weighted by Crippen LogP contribution is 2.27. The molecule has 0 fully saturated rings. The summed E-state index contributed by atoms with van der Waals surface area (Å²) in [7, 11) is 0. The fourth-order valence-electron chi connectivity index (χ4n) is 3.93. The van der Waals surface area contributed by atoms with Crippen LogP contribution in [0.25, 0.3) is 16.9 Å². The number of hydrogen-bond donors (Lipinski definition) is 2. The molecule has 3 aromatic carbocycles. The SMILES string of the molecule is CCc1ccccc1NC(=O)CNC(=O)c1cn(-c2ccccc2)nc1-c1ccc(C)cc1C. The van der Waals surface area contributed by atoms with Crippen molar-refractivity contribution in [1.29, 1.82) is 0 Å². The van der Waals surface area contributed by atoms with Crippen molar-refractivity contribution in [3.8, 4) is 16.9 Å². The van der Waals surface area contributed by atoms with Crippen LogP contribution >= 0.6 is 0 Å². The maximum atomic E-state index is 13.2. The van der Waals surface area contributed by atoms with Gasteiger partial charge in [0, 0.05) is 17.4 Å². The Morgan fingerprint density at radius 2 is 1.68 bits per heavy atom. The van der Waals surface area contributed by atoms with Crippen LogP contribution in [0.1, 0.15) is 34.0 Å². The minimum atomic E-state index is -0.351. The van der Waals surface area contributed by atoms with Crippen LogP contribution in [0.2, 0.25) is 0 Å². The van der Waals surface area contributed by atoms with Gasteiger partial charge in [0.2, 0.25) is 5.91 Å². The van der Waals surface area contributed by atoms with E-state index in [1.165, 1.54) is 0 Å². The third-order valence-corrected chi connectivity index (χ3v) is 5.70. The summed E-state index contributed by atoms with van der Waals surface area (Å²) in [6.45, 7) is 5.93. The van der Waals surface area contributed by atoms with Gasteiger partial charge in [-0.3, -0.25) is 9.59 Å². The van der Waals surface area contributed by atoms with Crippen LogP contribution in [0.5, 0.6) is 0 Å². The number of aryl methyl sites for hydroxylation is 3. The Hall–Kier alpha value is -4.19. The summed E-state index contributed by atoms with van der Waals surface area (Å²) < 4.78 is 1.70. The van der Waals surface area contributed by atoms with Crippen molar-refractivity contribution in [2.24, 2.45) is 0 Å². The molecule has 1 aromatic heterocycles. The van der Waals surface area contributed by atoms with Crippen LogP contribution in [0, 0.1) is 13.8 Å². The third-order valence-electron chi connectivity index (χ3n) is 5.70. The Kier molecular flexibility index (Phi) is 6.87. The quantitative estimate of drug-likeness (QED) is 0.410. The van der Waals surface area contributed by atoms with Gasteiger partial charge in [0.05, 0.1) is 17.8 Å². The normalized spacial score (nSPS) is 10.7. The van der Waals surface area contributed by atoms with E-state index in [2.05, 4.69) is 16.7 Å². The molecule has 0 aliphatic rings. The fourth-order valence-corrected chi connectivity index (χ4v) is 3.93. The molecule has 1 heterocycles. The van der Waals surface area contributed by atoms with Crippen molar-refractivity contribution in [1.82, 2.24) is 15.1 Å². The summed E-state index contributed by atoms with van der Waals surface area (Å²) in [5.41, 5.74) is 6.70. The number of nitrogens with zero attached hydrogens (tertiary/aromatic N) is 2. The smallest absolute Gasteiger partial charge is 0.255 e. The molecule has 0 aliphatic heterocycles. The molecule has 6 heteroatoms. The van der Waals surface area contributed by atoms with E-state index in [1.807, 2.05) is 87.5 Å². The van der Waals surface area contributed by atoms with E-state index in [9.17, 15) is 9.59 Å². The first-order valence-corrected chi connectivity index (χ1v) is 11.3. The van der Waals surface area contributed by atoms with E-state index in [1.54, 1.807) is 10.9 Å². The number of carbonyl (C=O) groups excluding carboxylic acids is 2. The van der Waals surface area contributed by atoms with Crippen LogP contribution in [0.15, 0.2) is 79.0 Å². The second-order valence-electron chi connectivity index (χ2n) is 8.23. The van der Waals surface area contributed by atoms with Gasteiger partial charge in [-0.1, -0.05) is 67.1 Å². The van der Waals surface area contributed by atoms with Crippen molar-refractivity contribution in [3.05, 3.63) is 101 Å². The number of para-hydroxylation sites is 2. The molecule has 0 unspecified atom stereocenters. The number of benzene rings is 3. The van der Waals surface area contributed by atoms with Crippen molar-refractivity contribution < 1.29 is 9.59 Å². The minimum Gasteiger partial charge on any atom is -0.343 e. The average Bonchev–Trinajstić information content (AvgIpc) is 3.29. The molecule has 0 saturated heterocycles. The molecule has 2 N–H and O–H groups in total. The number of aromatic nitrogens is 2. The van der Waals surface area contributed by atoms with Crippen LogP contribution in [0.4, 0.5) is 5.69 Å². The molecular formula is C28H28N4O2. The van der Waals surface area contributed by atoms with Crippen molar-refractivity contribution in [2.45, 2.75) is 27.2 Å². The molecule has 0 aliphatic carbocycles. The molecule has 6 nitrogen and oxygen atoms in total. The van der Waals surface area contributed by atoms with Crippen LogP contribution in [0.3, 0.4) is 0 Å². The number of carbonyl (C=O) groups is 2. The largest absolute Gasteiger partial charge is 0.343 e. The number of anilines is 1. The van der Waals surface area contributed by atoms with Gasteiger partial charge in [0.15, 0.2) is 0 Å². The summed E-state index contributed by atoms with van der Waals surface area (Å²) in [5.74, 6) is -0.631. The molecule has 2 amide bonds. The molecule has 0 radical (unpaired) electrons. The average molecular weight is 453 g/mol. The predicted molar refractivity (Wildman–Crippen MR) is 135 cm³/mol. The molecule has 0 spiro atoms. The van der Waals surface area contributed by atoms with Crippen molar-refractivity contribution >= 4 is 17.5 Å². The second-order valence-corrected chi connectivity index (χ2v) is 8.23. The zero-order valence-electron chi connectivity index (χ0n) is 19.6. The third kappa shape index (κ3) is 5.07. The van der Waals surface area contributed by atoms with Crippen LogP contribution in [-0.4, -0.2) is 28.1 Å². The van der Waals surface area contributed by atoms with Gasteiger partial charge in [0.1, 0.15) is 5.69 Å². The van der Waals surface area contributed by atoms with Crippen LogP contribution < -0.4 is 10.6 Å². The first kappa shape index (κ1) is 23.0. The topological polar surface area (TPSA) is 76.0 Å². The van der Waals surface area contributed by atoms with E-state index in [-0.39, 0.29) is 18.4 Å². The number of amides is 2. The van der Waals surface area contributed by atoms with Crippen LogP contribution in [-0.2, 0) is 11.2 Å². The fraction of sp³-hybridized carbons (Fsp3) is 0.179. The molecular weight excluding hydrogens is 424 g/mol. The van der Waals surface area contributed by atoms with E-state index in [4.69, 9.17) is 5.10 Å². The highest BCUT2D eigenvalue weighted by Gasteiger charge is 2.20. The monoisotopic (exact) mass is 452 g/mol. The van der Waals surface area contributed by atoms with Gasteiger partial charge >= 0.3 is 0 Å². The highest BCUT2D eigenvalue weighted by molar-refractivity contribution is 6.03. The lowest BCUT2D eigenvalue weighted by Gasteiger charge is -2.11. The van der Waals surface area contributed by atoms with Crippen molar-refractivity contribution in [3.63, 3.8) is 0 Å². The Labute approximate surface area is 199 Å². The van der Waals surface area contributed by atoms with E-state index < -0.39 is 0 Å². The highest BCUT2D eigenvalue weighted by atomic mass is 16.2. The summed E-state index contributed by atoms with van der Waals surface area (Å²) in [5, 5.41) is 10.4. The van der Waals surface area contributed by atoms with Gasteiger partial charge in [0.25, 0.3) is 5.91 Å². The first-order chi connectivity index (χ1) is 16.5. The Balaban J connectivity index is 1.58. The molecule has 4 aromatic rings. The molecule has 4 rings (SSSR count). The minimum absolute atomic E-state index is 0.139. The summed E-state index contributed by atoms with van der Waals surface area (Å²) in [4.78, 5) is 25.7. The predicted octanol–water partition coefficient (Wildman–Crippen LogP) is 5.09. The lowest BCUT2D eigenvalue weighted by Crippen LogP contribution is -2.33. The van der Waals surface area contributed by atoms with Gasteiger partial charge in [-0.05, 0) is 49.6 Å². The standard InChI is InChI=1S/C28H28N4O2/c1-4-21-10-8-9-13-25(21)30-26(33)17-29-28(34)24-18-32(22-11-6-5-7-12-22)31-27(24)23-15-14-19(2)16-20(23)3/h5-16,18H,4,17H2,1-3H3,(H,29,34)(H,30,33).